The monoisotopic (exact) mass is 496 g/mol. The van der Waals surface area contributed by atoms with Crippen LogP contribution in [0.2, 0.25) is 0 Å². The van der Waals surface area contributed by atoms with Crippen LogP contribution >= 0.6 is 11.3 Å². The van der Waals surface area contributed by atoms with Crippen molar-refractivity contribution in [2.24, 2.45) is 0 Å². The summed E-state index contributed by atoms with van der Waals surface area (Å²) in [6.07, 6.45) is 3.66. The predicted molar refractivity (Wildman–Crippen MR) is 134 cm³/mol. The highest BCUT2D eigenvalue weighted by Gasteiger charge is 2.26. The Bertz CT molecular complexity index is 1170. The summed E-state index contributed by atoms with van der Waals surface area (Å²) in [5.41, 5.74) is 3.65. The number of fused-ring (bicyclic) bond motifs is 1. The van der Waals surface area contributed by atoms with Crippen LogP contribution in [0.25, 0.3) is 10.4 Å². The van der Waals surface area contributed by atoms with E-state index in [1.807, 2.05) is 18.7 Å². The molecule has 1 saturated heterocycles. The number of benzene rings is 1. The minimum absolute atomic E-state index is 0.0336. The number of aryl methyl sites for hydroxylation is 3. The third kappa shape index (κ3) is 5.38. The molecule has 7 nitrogen and oxygen atoms in total. The van der Waals surface area contributed by atoms with E-state index in [1.165, 1.54) is 16.2 Å². The van der Waals surface area contributed by atoms with Crippen LogP contribution in [-0.2, 0) is 22.5 Å². The maximum Gasteiger partial charge on any atom is 0.227 e. The van der Waals surface area contributed by atoms with Gasteiger partial charge in [0.15, 0.2) is 11.5 Å². The van der Waals surface area contributed by atoms with Gasteiger partial charge in [-0.2, -0.15) is 0 Å². The zero-order chi connectivity index (χ0) is 24.4. The van der Waals surface area contributed by atoms with Crippen molar-refractivity contribution in [3.63, 3.8) is 0 Å². The average molecular weight is 497 g/mol. The summed E-state index contributed by atoms with van der Waals surface area (Å²) in [6, 6.07) is 8.45. The Morgan fingerprint density at radius 2 is 2.09 bits per heavy atom. The fourth-order valence-electron chi connectivity index (χ4n) is 4.67. The molecule has 0 saturated carbocycles. The van der Waals surface area contributed by atoms with Crippen LogP contribution in [0.15, 0.2) is 28.8 Å². The van der Waals surface area contributed by atoms with Crippen molar-refractivity contribution in [2.75, 3.05) is 26.4 Å². The molecule has 0 N–H and O–H groups in total. The first-order valence-corrected chi connectivity index (χ1v) is 13.1. The second-order valence-corrected chi connectivity index (χ2v) is 10.6. The number of nitrogens with zero attached hydrogens (tertiary/aromatic N) is 2. The summed E-state index contributed by atoms with van der Waals surface area (Å²) in [4.78, 5) is 17.5. The van der Waals surface area contributed by atoms with Crippen molar-refractivity contribution in [1.82, 2.24) is 10.1 Å². The van der Waals surface area contributed by atoms with Crippen LogP contribution < -0.4 is 9.47 Å². The Morgan fingerprint density at radius 3 is 2.80 bits per heavy atom. The van der Waals surface area contributed by atoms with Gasteiger partial charge in [-0.05, 0) is 69.9 Å². The number of hydrogen-bond acceptors (Lipinski definition) is 7. The van der Waals surface area contributed by atoms with E-state index in [1.54, 1.807) is 11.3 Å². The minimum atomic E-state index is 0.0336. The van der Waals surface area contributed by atoms with Crippen LogP contribution in [0.5, 0.6) is 11.5 Å². The average Bonchev–Trinajstić information content (AvgIpc) is 3.35. The molecule has 2 aliphatic heterocycles. The van der Waals surface area contributed by atoms with Gasteiger partial charge >= 0.3 is 0 Å². The van der Waals surface area contributed by atoms with Crippen molar-refractivity contribution in [1.29, 1.82) is 0 Å². The van der Waals surface area contributed by atoms with Crippen molar-refractivity contribution >= 4 is 17.2 Å². The van der Waals surface area contributed by atoms with Crippen LogP contribution in [0.4, 0.5) is 0 Å². The first kappa shape index (κ1) is 23.9. The van der Waals surface area contributed by atoms with Crippen LogP contribution in [0.3, 0.4) is 0 Å². The van der Waals surface area contributed by atoms with E-state index < -0.39 is 0 Å². The molecule has 1 unspecified atom stereocenters. The third-order valence-electron chi connectivity index (χ3n) is 6.69. The van der Waals surface area contributed by atoms with Gasteiger partial charge in [0.05, 0.1) is 24.8 Å². The van der Waals surface area contributed by atoms with Crippen molar-refractivity contribution in [3.8, 4) is 21.9 Å². The van der Waals surface area contributed by atoms with Gasteiger partial charge in [0.2, 0.25) is 5.91 Å². The summed E-state index contributed by atoms with van der Waals surface area (Å²) < 4.78 is 23.6. The standard InChI is InChI=1S/C27H32N2O5S/c1-17-7-8-25(35-17)20-12-21-15-29(26(30)14-23-18(2)28-34-19(23)3)9-11-32-27(21)24(13-20)33-16-22-6-4-5-10-31-22/h7-8,12-13,22H,4-6,9-11,14-16H2,1-3H3. The van der Waals surface area contributed by atoms with E-state index in [9.17, 15) is 4.79 Å². The molecule has 2 aromatic heterocycles. The molecule has 186 valence electrons. The number of hydrogen-bond donors (Lipinski definition) is 0. The van der Waals surface area contributed by atoms with Gasteiger partial charge in [-0.25, -0.2) is 0 Å². The van der Waals surface area contributed by atoms with Crippen LogP contribution in [0, 0.1) is 20.8 Å². The van der Waals surface area contributed by atoms with Gasteiger partial charge in [-0.1, -0.05) is 5.16 Å². The van der Waals surface area contributed by atoms with Gasteiger partial charge in [0.1, 0.15) is 19.0 Å². The molecular formula is C27H32N2O5S. The Morgan fingerprint density at radius 1 is 1.20 bits per heavy atom. The van der Waals surface area contributed by atoms with E-state index in [0.717, 1.165) is 53.3 Å². The van der Waals surface area contributed by atoms with E-state index in [4.69, 9.17) is 18.7 Å². The molecule has 1 atom stereocenters. The predicted octanol–water partition coefficient (Wildman–Crippen LogP) is 5.24. The number of rotatable bonds is 6. The summed E-state index contributed by atoms with van der Waals surface area (Å²) >= 11 is 1.75. The fourth-order valence-corrected chi connectivity index (χ4v) is 5.53. The number of amides is 1. The van der Waals surface area contributed by atoms with E-state index in [0.29, 0.717) is 32.1 Å². The second-order valence-electron chi connectivity index (χ2n) is 9.32. The molecule has 1 aromatic carbocycles. The van der Waals surface area contributed by atoms with Crippen molar-refractivity contribution in [2.45, 2.75) is 59.1 Å². The normalized spacial score (nSPS) is 18.0. The highest BCUT2D eigenvalue weighted by atomic mass is 32.1. The Kier molecular flexibility index (Phi) is 7.11. The molecule has 0 spiro atoms. The largest absolute Gasteiger partial charge is 0.487 e. The van der Waals surface area contributed by atoms with Gasteiger partial charge in [0, 0.05) is 34.0 Å². The maximum atomic E-state index is 13.3. The molecule has 0 bridgehead atoms. The zero-order valence-electron chi connectivity index (χ0n) is 20.6. The first-order valence-electron chi connectivity index (χ1n) is 12.3. The number of carbonyl (C=O) groups excluding carboxylic acids is 1. The van der Waals surface area contributed by atoms with Gasteiger partial charge in [0.25, 0.3) is 0 Å². The number of thiophene rings is 1. The Balaban J connectivity index is 1.42. The molecular weight excluding hydrogens is 464 g/mol. The van der Waals surface area contributed by atoms with Crippen LogP contribution in [-0.4, -0.2) is 48.4 Å². The Labute approximate surface area is 210 Å². The van der Waals surface area contributed by atoms with E-state index in [2.05, 4.69) is 36.3 Å². The number of carbonyl (C=O) groups is 1. The van der Waals surface area contributed by atoms with Crippen LogP contribution in [0.1, 0.15) is 46.7 Å². The summed E-state index contributed by atoms with van der Waals surface area (Å²) in [6.45, 7) is 8.49. The molecule has 0 aliphatic carbocycles. The third-order valence-corrected chi connectivity index (χ3v) is 7.74. The lowest BCUT2D eigenvalue weighted by atomic mass is 10.1. The summed E-state index contributed by atoms with van der Waals surface area (Å²) in [7, 11) is 0. The number of aromatic nitrogens is 1. The molecule has 0 radical (unpaired) electrons. The van der Waals surface area contributed by atoms with Crippen molar-refractivity contribution < 1.29 is 23.5 Å². The smallest absolute Gasteiger partial charge is 0.227 e. The minimum Gasteiger partial charge on any atom is -0.487 e. The highest BCUT2D eigenvalue weighted by Crippen LogP contribution is 2.40. The SMILES string of the molecule is Cc1ccc(-c2cc3c(c(OCC4CCCCO4)c2)OCCN(C(=O)Cc2c(C)noc2C)C3)s1. The fraction of sp³-hybridized carbons (Fsp3) is 0.481. The van der Waals surface area contributed by atoms with Crippen molar-refractivity contribution in [3.05, 3.63) is 51.7 Å². The molecule has 1 amide bonds. The van der Waals surface area contributed by atoms with Gasteiger partial charge in [-0.3, -0.25) is 4.79 Å². The Hall–Kier alpha value is -2.84. The lowest BCUT2D eigenvalue weighted by Crippen LogP contribution is -2.33. The molecule has 2 aliphatic rings. The lowest BCUT2D eigenvalue weighted by molar-refractivity contribution is -0.131. The van der Waals surface area contributed by atoms with E-state index in [-0.39, 0.29) is 18.4 Å². The molecule has 5 rings (SSSR count). The summed E-state index contributed by atoms with van der Waals surface area (Å²) in [5, 5.41) is 3.99. The molecule has 8 heteroatoms. The first-order chi connectivity index (χ1) is 17.0. The van der Waals surface area contributed by atoms with Gasteiger partial charge in [-0.15, -0.1) is 11.3 Å². The quantitative estimate of drug-likeness (QED) is 0.465. The lowest BCUT2D eigenvalue weighted by Gasteiger charge is -2.24. The molecule has 3 aromatic rings. The van der Waals surface area contributed by atoms with E-state index >= 15 is 0 Å². The zero-order valence-corrected chi connectivity index (χ0v) is 21.4. The topological polar surface area (TPSA) is 74.0 Å². The highest BCUT2D eigenvalue weighted by molar-refractivity contribution is 7.15. The molecule has 1 fully saturated rings. The van der Waals surface area contributed by atoms with Gasteiger partial charge < -0.3 is 23.6 Å². The molecule has 4 heterocycles. The number of ether oxygens (including phenoxy) is 3. The summed E-state index contributed by atoms with van der Waals surface area (Å²) in [5.74, 6) is 2.17. The molecule has 35 heavy (non-hydrogen) atoms. The maximum absolute atomic E-state index is 13.3. The second kappa shape index (κ2) is 10.4.